The molecule has 1 aliphatic heterocycles. The number of halogens is 2. The molecule has 1 fully saturated rings. The molecule has 0 bridgehead atoms. The maximum Gasteiger partial charge on any atom is 0.262 e. The first-order valence-corrected chi connectivity index (χ1v) is 11.7. The third-order valence-electron chi connectivity index (χ3n) is 5.71. The van der Waals surface area contributed by atoms with E-state index in [1.54, 1.807) is 18.2 Å². The van der Waals surface area contributed by atoms with Crippen LogP contribution >= 0.6 is 23.2 Å². The largest absolute Gasteiger partial charge is 0.482 e. The number of amides is 2. The molecule has 1 aliphatic rings. The number of ether oxygens (including phenoxy) is 1. The fourth-order valence-electron chi connectivity index (χ4n) is 3.84. The highest BCUT2D eigenvalue weighted by Gasteiger charge is 2.23. The van der Waals surface area contributed by atoms with Crippen LogP contribution in [0, 0.1) is 6.92 Å². The number of benzene rings is 3. The van der Waals surface area contributed by atoms with Crippen LogP contribution in [0.2, 0.25) is 10.0 Å². The van der Waals surface area contributed by atoms with Gasteiger partial charge in [-0.3, -0.25) is 9.59 Å². The molecule has 34 heavy (non-hydrogen) atoms. The topological polar surface area (TPSA) is 61.9 Å². The lowest BCUT2D eigenvalue weighted by Crippen LogP contribution is -2.48. The molecule has 8 heteroatoms. The summed E-state index contributed by atoms with van der Waals surface area (Å²) in [7, 11) is 0. The zero-order valence-electron chi connectivity index (χ0n) is 18.8. The summed E-state index contributed by atoms with van der Waals surface area (Å²) in [4.78, 5) is 29.2. The summed E-state index contributed by atoms with van der Waals surface area (Å²) in [5, 5.41) is 3.67. The molecule has 1 N–H and O–H groups in total. The van der Waals surface area contributed by atoms with Crippen molar-refractivity contribution in [2.75, 3.05) is 43.0 Å². The lowest BCUT2D eigenvalue weighted by Gasteiger charge is -2.36. The SMILES string of the molecule is Cc1ccccc1C(=O)N1CCN(c2ccc(NC(=O)COc3ccc(Cl)cc3Cl)cc2)CC1. The Kier molecular flexibility index (Phi) is 7.60. The Bertz CT molecular complexity index is 1180. The van der Waals surface area contributed by atoms with E-state index < -0.39 is 0 Å². The van der Waals surface area contributed by atoms with Crippen LogP contribution in [-0.4, -0.2) is 49.5 Å². The van der Waals surface area contributed by atoms with Gasteiger partial charge < -0.3 is 19.9 Å². The molecule has 0 spiro atoms. The molecular weight excluding hydrogens is 473 g/mol. The maximum absolute atomic E-state index is 12.8. The molecule has 6 nitrogen and oxygen atoms in total. The van der Waals surface area contributed by atoms with Crippen LogP contribution in [0.1, 0.15) is 15.9 Å². The predicted octanol–water partition coefficient (Wildman–Crippen LogP) is 5.28. The Labute approximate surface area is 209 Å². The normalized spacial score (nSPS) is 13.5. The number of rotatable bonds is 6. The highest BCUT2D eigenvalue weighted by atomic mass is 35.5. The molecule has 0 aliphatic carbocycles. The van der Waals surface area contributed by atoms with Crippen LogP contribution in [-0.2, 0) is 4.79 Å². The minimum absolute atomic E-state index is 0.0814. The van der Waals surface area contributed by atoms with Crippen molar-refractivity contribution in [1.82, 2.24) is 4.90 Å². The monoisotopic (exact) mass is 497 g/mol. The van der Waals surface area contributed by atoms with Gasteiger partial charge in [-0.15, -0.1) is 0 Å². The third-order valence-corrected chi connectivity index (χ3v) is 6.24. The molecule has 0 aromatic heterocycles. The number of carbonyl (C=O) groups excluding carboxylic acids is 2. The Balaban J connectivity index is 1.27. The van der Waals surface area contributed by atoms with Gasteiger partial charge in [-0.25, -0.2) is 0 Å². The third kappa shape index (κ3) is 5.82. The molecule has 0 atom stereocenters. The Morgan fingerprint density at radius 2 is 1.65 bits per heavy atom. The van der Waals surface area contributed by atoms with Gasteiger partial charge in [0.05, 0.1) is 5.02 Å². The second-order valence-corrected chi connectivity index (χ2v) is 8.90. The average Bonchev–Trinajstić information content (AvgIpc) is 2.84. The molecule has 176 valence electrons. The van der Waals surface area contributed by atoms with E-state index in [0.717, 1.165) is 29.9 Å². The quantitative estimate of drug-likeness (QED) is 0.503. The number of aryl methyl sites for hydroxylation is 1. The summed E-state index contributed by atoms with van der Waals surface area (Å²) in [6, 6.07) is 20.2. The van der Waals surface area contributed by atoms with Crippen molar-refractivity contribution in [3.8, 4) is 5.75 Å². The molecule has 0 radical (unpaired) electrons. The van der Waals surface area contributed by atoms with Crippen LogP contribution in [0.25, 0.3) is 0 Å². The van der Waals surface area contributed by atoms with Gasteiger partial charge >= 0.3 is 0 Å². The summed E-state index contributed by atoms with van der Waals surface area (Å²) in [5.74, 6) is 0.191. The highest BCUT2D eigenvalue weighted by Crippen LogP contribution is 2.27. The van der Waals surface area contributed by atoms with Gasteiger partial charge in [0.15, 0.2) is 6.61 Å². The molecule has 0 saturated carbocycles. The number of nitrogens with zero attached hydrogens (tertiary/aromatic N) is 2. The Morgan fingerprint density at radius 3 is 2.32 bits per heavy atom. The number of nitrogens with one attached hydrogen (secondary N) is 1. The van der Waals surface area contributed by atoms with E-state index in [1.807, 2.05) is 60.4 Å². The number of hydrogen-bond donors (Lipinski definition) is 1. The van der Waals surface area contributed by atoms with E-state index in [4.69, 9.17) is 27.9 Å². The lowest BCUT2D eigenvalue weighted by atomic mass is 10.1. The van der Waals surface area contributed by atoms with Crippen molar-refractivity contribution < 1.29 is 14.3 Å². The molecular formula is C26H25Cl2N3O3. The first-order valence-electron chi connectivity index (χ1n) is 11.0. The van der Waals surface area contributed by atoms with Crippen LogP contribution in [0.5, 0.6) is 5.75 Å². The standard InChI is InChI=1S/C26H25Cl2N3O3/c1-18-4-2-3-5-22(18)26(33)31-14-12-30(13-15-31)21-9-7-20(8-10-21)29-25(32)17-34-24-11-6-19(27)16-23(24)28/h2-11,16H,12-15,17H2,1H3,(H,29,32). The zero-order chi connectivity index (χ0) is 24.1. The van der Waals surface area contributed by atoms with Crippen LogP contribution in [0.3, 0.4) is 0 Å². The summed E-state index contributed by atoms with van der Waals surface area (Å²) in [6.07, 6.45) is 0. The van der Waals surface area contributed by atoms with Gasteiger partial charge in [0, 0.05) is 48.1 Å². The van der Waals surface area contributed by atoms with Gasteiger partial charge in [-0.05, 0) is 61.0 Å². The summed E-state index contributed by atoms with van der Waals surface area (Å²) in [5.41, 5.74) is 3.48. The molecule has 3 aromatic rings. The van der Waals surface area contributed by atoms with E-state index in [1.165, 1.54) is 0 Å². The van der Waals surface area contributed by atoms with Crippen molar-refractivity contribution in [3.05, 3.63) is 87.9 Å². The highest BCUT2D eigenvalue weighted by molar-refractivity contribution is 6.35. The van der Waals surface area contributed by atoms with Crippen LogP contribution < -0.4 is 15.0 Å². The fourth-order valence-corrected chi connectivity index (χ4v) is 4.30. The fraction of sp³-hybridized carbons (Fsp3) is 0.231. The minimum atomic E-state index is -0.290. The summed E-state index contributed by atoms with van der Waals surface area (Å²) >= 11 is 11.9. The second-order valence-electron chi connectivity index (χ2n) is 8.05. The molecule has 1 saturated heterocycles. The Morgan fingerprint density at radius 1 is 0.941 bits per heavy atom. The van der Waals surface area contributed by atoms with Crippen molar-refractivity contribution in [3.63, 3.8) is 0 Å². The number of carbonyl (C=O) groups is 2. The Hall–Kier alpha value is -3.22. The molecule has 2 amide bonds. The molecule has 4 rings (SSSR count). The van der Waals surface area contributed by atoms with Crippen LogP contribution in [0.15, 0.2) is 66.7 Å². The molecule has 1 heterocycles. The van der Waals surface area contributed by atoms with E-state index in [-0.39, 0.29) is 18.4 Å². The van der Waals surface area contributed by atoms with Crippen molar-refractivity contribution in [2.24, 2.45) is 0 Å². The van der Waals surface area contributed by atoms with E-state index in [9.17, 15) is 9.59 Å². The van der Waals surface area contributed by atoms with Gasteiger partial charge in [0.1, 0.15) is 5.75 Å². The number of piperazine rings is 1. The van der Waals surface area contributed by atoms with Crippen molar-refractivity contribution in [1.29, 1.82) is 0 Å². The van der Waals surface area contributed by atoms with E-state index in [0.29, 0.717) is 34.6 Å². The van der Waals surface area contributed by atoms with Crippen molar-refractivity contribution in [2.45, 2.75) is 6.92 Å². The predicted molar refractivity (Wildman–Crippen MR) is 136 cm³/mol. The van der Waals surface area contributed by atoms with Gasteiger partial charge in [0.2, 0.25) is 0 Å². The van der Waals surface area contributed by atoms with E-state index in [2.05, 4.69) is 10.2 Å². The molecule has 3 aromatic carbocycles. The second kappa shape index (κ2) is 10.8. The van der Waals surface area contributed by atoms with E-state index >= 15 is 0 Å². The maximum atomic E-state index is 12.8. The first-order chi connectivity index (χ1) is 16.4. The first kappa shape index (κ1) is 23.9. The summed E-state index contributed by atoms with van der Waals surface area (Å²) in [6.45, 7) is 4.62. The van der Waals surface area contributed by atoms with Gasteiger partial charge in [-0.2, -0.15) is 0 Å². The van der Waals surface area contributed by atoms with Gasteiger partial charge in [0.25, 0.3) is 11.8 Å². The number of anilines is 2. The van der Waals surface area contributed by atoms with Crippen molar-refractivity contribution >= 4 is 46.4 Å². The summed E-state index contributed by atoms with van der Waals surface area (Å²) < 4.78 is 5.47. The minimum Gasteiger partial charge on any atom is -0.482 e. The number of hydrogen-bond acceptors (Lipinski definition) is 4. The lowest BCUT2D eigenvalue weighted by molar-refractivity contribution is -0.118. The van der Waals surface area contributed by atoms with Crippen LogP contribution in [0.4, 0.5) is 11.4 Å². The zero-order valence-corrected chi connectivity index (χ0v) is 20.3. The molecule has 0 unspecified atom stereocenters. The average molecular weight is 498 g/mol. The van der Waals surface area contributed by atoms with Gasteiger partial charge in [-0.1, -0.05) is 41.4 Å². The smallest absolute Gasteiger partial charge is 0.262 e.